The zero-order valence-electron chi connectivity index (χ0n) is 14.3. The molecule has 23 heavy (non-hydrogen) atoms. The second kappa shape index (κ2) is 7.85. The molecule has 0 aromatic heterocycles. The number of fused-ring (bicyclic) bond motifs is 1. The minimum Gasteiger partial charge on any atom is -0.481 e. The topological polar surface area (TPSA) is 38.3 Å². The predicted molar refractivity (Wildman–Crippen MR) is 92.8 cm³/mol. The number of hydrogen-bond acceptors (Lipinski definition) is 2. The van der Waals surface area contributed by atoms with E-state index < -0.39 is 6.10 Å². The fourth-order valence-corrected chi connectivity index (χ4v) is 3.82. The maximum absolute atomic E-state index is 12.2. The summed E-state index contributed by atoms with van der Waals surface area (Å²) in [4.78, 5) is 12.2. The standard InChI is InChI=1S/C20H29NO2/c1-15(20(22)21-14-16-7-3-2-4-8-16)23-19-12-11-17-9-5-6-10-18(17)13-19/h11-13,15-16H,2-10,14H2,1H3,(H,21,22). The van der Waals surface area contributed by atoms with E-state index in [-0.39, 0.29) is 5.91 Å². The lowest BCUT2D eigenvalue weighted by Crippen LogP contribution is -2.39. The van der Waals surface area contributed by atoms with Gasteiger partial charge in [-0.3, -0.25) is 4.79 Å². The summed E-state index contributed by atoms with van der Waals surface area (Å²) >= 11 is 0. The summed E-state index contributed by atoms with van der Waals surface area (Å²) in [5.41, 5.74) is 2.83. The smallest absolute Gasteiger partial charge is 0.260 e. The third kappa shape index (κ3) is 4.49. The van der Waals surface area contributed by atoms with Crippen molar-refractivity contribution in [3.8, 4) is 5.75 Å². The molecule has 1 aromatic carbocycles. The van der Waals surface area contributed by atoms with E-state index in [1.165, 1.54) is 62.5 Å². The first-order valence-corrected chi connectivity index (χ1v) is 9.28. The first-order chi connectivity index (χ1) is 11.2. The Bertz CT molecular complexity index is 534. The Balaban J connectivity index is 1.49. The molecule has 2 aliphatic carbocycles. The van der Waals surface area contributed by atoms with Crippen LogP contribution in [0.15, 0.2) is 18.2 Å². The van der Waals surface area contributed by atoms with Gasteiger partial charge in [0.25, 0.3) is 5.91 Å². The number of ether oxygens (including phenoxy) is 1. The van der Waals surface area contributed by atoms with Crippen molar-refractivity contribution in [2.24, 2.45) is 5.92 Å². The van der Waals surface area contributed by atoms with Crippen LogP contribution in [0, 0.1) is 5.92 Å². The first kappa shape index (κ1) is 16.4. The van der Waals surface area contributed by atoms with Crippen LogP contribution in [0.25, 0.3) is 0 Å². The van der Waals surface area contributed by atoms with E-state index in [2.05, 4.69) is 17.4 Å². The molecule has 126 valence electrons. The maximum atomic E-state index is 12.2. The van der Waals surface area contributed by atoms with Crippen LogP contribution in [-0.2, 0) is 17.6 Å². The monoisotopic (exact) mass is 315 g/mol. The zero-order chi connectivity index (χ0) is 16.1. The second-order valence-electron chi connectivity index (χ2n) is 7.15. The van der Waals surface area contributed by atoms with Crippen LogP contribution < -0.4 is 10.1 Å². The Kier molecular flexibility index (Phi) is 5.58. The summed E-state index contributed by atoms with van der Waals surface area (Å²) in [6.07, 6.45) is 10.9. The lowest BCUT2D eigenvalue weighted by atomic mass is 9.89. The fourth-order valence-electron chi connectivity index (χ4n) is 3.82. The number of carbonyl (C=O) groups excluding carboxylic acids is 1. The van der Waals surface area contributed by atoms with E-state index in [0.717, 1.165) is 18.7 Å². The van der Waals surface area contributed by atoms with Crippen LogP contribution in [0.2, 0.25) is 0 Å². The molecule has 2 aliphatic rings. The molecule has 1 amide bonds. The van der Waals surface area contributed by atoms with Crippen LogP contribution in [0.3, 0.4) is 0 Å². The van der Waals surface area contributed by atoms with Crippen molar-refractivity contribution >= 4 is 5.91 Å². The van der Waals surface area contributed by atoms with Gasteiger partial charge >= 0.3 is 0 Å². The molecule has 0 aliphatic heterocycles. The molecule has 0 bridgehead atoms. The van der Waals surface area contributed by atoms with Crippen LogP contribution in [0.5, 0.6) is 5.75 Å². The van der Waals surface area contributed by atoms with E-state index in [4.69, 9.17) is 4.74 Å². The van der Waals surface area contributed by atoms with E-state index in [0.29, 0.717) is 5.92 Å². The van der Waals surface area contributed by atoms with Gasteiger partial charge in [0.05, 0.1) is 0 Å². The van der Waals surface area contributed by atoms with Crippen molar-refractivity contribution in [3.63, 3.8) is 0 Å². The van der Waals surface area contributed by atoms with Gasteiger partial charge in [-0.25, -0.2) is 0 Å². The first-order valence-electron chi connectivity index (χ1n) is 9.28. The van der Waals surface area contributed by atoms with Crippen molar-refractivity contribution in [2.45, 2.75) is 70.8 Å². The molecule has 0 heterocycles. The third-order valence-corrected chi connectivity index (χ3v) is 5.29. The van der Waals surface area contributed by atoms with Crippen LogP contribution in [0.4, 0.5) is 0 Å². The number of amides is 1. The number of benzene rings is 1. The molecule has 0 radical (unpaired) electrons. The quantitative estimate of drug-likeness (QED) is 0.891. The highest BCUT2D eigenvalue weighted by atomic mass is 16.5. The summed E-state index contributed by atoms with van der Waals surface area (Å²) in [5.74, 6) is 1.49. The van der Waals surface area contributed by atoms with Crippen molar-refractivity contribution in [1.29, 1.82) is 0 Å². The molecule has 1 aromatic rings. The number of aryl methyl sites for hydroxylation is 2. The molecule has 3 heteroatoms. The van der Waals surface area contributed by atoms with Gasteiger partial charge in [0.2, 0.25) is 0 Å². The molecule has 1 atom stereocenters. The number of hydrogen-bond donors (Lipinski definition) is 1. The Morgan fingerprint density at radius 3 is 2.65 bits per heavy atom. The largest absolute Gasteiger partial charge is 0.481 e. The molecule has 3 nitrogen and oxygen atoms in total. The molecular weight excluding hydrogens is 286 g/mol. The van der Waals surface area contributed by atoms with Crippen molar-refractivity contribution in [1.82, 2.24) is 5.32 Å². The van der Waals surface area contributed by atoms with Gasteiger partial charge < -0.3 is 10.1 Å². The Hall–Kier alpha value is -1.51. The lowest BCUT2D eigenvalue weighted by Gasteiger charge is -2.23. The summed E-state index contributed by atoms with van der Waals surface area (Å²) < 4.78 is 5.87. The zero-order valence-corrected chi connectivity index (χ0v) is 14.3. The molecule has 0 saturated heterocycles. The lowest BCUT2D eigenvalue weighted by molar-refractivity contribution is -0.127. The van der Waals surface area contributed by atoms with Crippen molar-refractivity contribution in [3.05, 3.63) is 29.3 Å². The third-order valence-electron chi connectivity index (χ3n) is 5.29. The highest BCUT2D eigenvalue weighted by Gasteiger charge is 2.19. The molecule has 1 fully saturated rings. The molecule has 1 unspecified atom stereocenters. The summed E-state index contributed by atoms with van der Waals surface area (Å²) in [7, 11) is 0. The minimum absolute atomic E-state index is 0.00768. The summed E-state index contributed by atoms with van der Waals surface area (Å²) in [6.45, 7) is 2.65. The minimum atomic E-state index is -0.430. The molecule has 0 spiro atoms. The van der Waals surface area contributed by atoms with Crippen LogP contribution in [-0.4, -0.2) is 18.6 Å². The van der Waals surface area contributed by atoms with Gasteiger partial charge in [-0.2, -0.15) is 0 Å². The average molecular weight is 315 g/mol. The van der Waals surface area contributed by atoms with E-state index in [1.54, 1.807) is 0 Å². The van der Waals surface area contributed by atoms with Gasteiger partial charge in [0, 0.05) is 6.54 Å². The maximum Gasteiger partial charge on any atom is 0.260 e. The van der Waals surface area contributed by atoms with Crippen molar-refractivity contribution in [2.75, 3.05) is 6.54 Å². The highest BCUT2D eigenvalue weighted by Crippen LogP contribution is 2.26. The average Bonchev–Trinajstić information content (AvgIpc) is 2.60. The fraction of sp³-hybridized carbons (Fsp3) is 0.650. The van der Waals surface area contributed by atoms with Gasteiger partial charge in [0.15, 0.2) is 6.10 Å². The Labute approximate surface area is 139 Å². The van der Waals surface area contributed by atoms with Crippen molar-refractivity contribution < 1.29 is 9.53 Å². The number of rotatable bonds is 5. The highest BCUT2D eigenvalue weighted by molar-refractivity contribution is 5.80. The Morgan fingerprint density at radius 2 is 1.87 bits per heavy atom. The Morgan fingerprint density at radius 1 is 1.13 bits per heavy atom. The van der Waals surface area contributed by atoms with E-state index in [9.17, 15) is 4.79 Å². The molecule has 1 saturated carbocycles. The molecule has 1 N–H and O–H groups in total. The van der Waals surface area contributed by atoms with Gasteiger partial charge in [-0.1, -0.05) is 25.3 Å². The van der Waals surface area contributed by atoms with E-state index >= 15 is 0 Å². The summed E-state index contributed by atoms with van der Waals surface area (Å²) in [6, 6.07) is 6.30. The molecule has 3 rings (SSSR count). The number of nitrogens with one attached hydrogen (secondary N) is 1. The summed E-state index contributed by atoms with van der Waals surface area (Å²) in [5, 5.41) is 3.07. The van der Waals surface area contributed by atoms with Crippen LogP contribution >= 0.6 is 0 Å². The van der Waals surface area contributed by atoms with Gasteiger partial charge in [-0.05, 0) is 74.6 Å². The van der Waals surface area contributed by atoms with Gasteiger partial charge in [0.1, 0.15) is 5.75 Å². The predicted octanol–water partition coefficient (Wildman–Crippen LogP) is 4.03. The number of carbonyl (C=O) groups is 1. The van der Waals surface area contributed by atoms with Crippen LogP contribution in [0.1, 0.15) is 63.0 Å². The SMILES string of the molecule is CC(Oc1ccc2c(c1)CCCC2)C(=O)NCC1CCCCC1. The normalized spacial score (nSPS) is 19.7. The van der Waals surface area contributed by atoms with E-state index in [1.807, 2.05) is 13.0 Å². The van der Waals surface area contributed by atoms with Gasteiger partial charge in [-0.15, -0.1) is 0 Å². The molecular formula is C20H29NO2. The second-order valence-corrected chi connectivity index (χ2v) is 7.15.